The van der Waals surface area contributed by atoms with Crippen molar-refractivity contribution in [3.8, 4) is 0 Å². The zero-order chi connectivity index (χ0) is 21.5. The molecule has 0 aliphatic carbocycles. The number of H-pyrrole nitrogens is 1. The van der Waals surface area contributed by atoms with E-state index in [1.807, 2.05) is 18.2 Å². The normalized spacial score (nSPS) is 15.7. The SMILES string of the molecule is O=C(Nc1ccc(Cl)cc1)N1CCc2c([nH]c3ccc(Cl)cc23)[C@H]1c1ccc(F)cc1. The molecule has 2 N–H and O–H groups in total. The predicted molar refractivity (Wildman–Crippen MR) is 122 cm³/mol. The maximum atomic E-state index is 13.6. The average Bonchev–Trinajstić information content (AvgIpc) is 3.13. The minimum absolute atomic E-state index is 0.237. The van der Waals surface area contributed by atoms with Crippen LogP contribution >= 0.6 is 23.2 Å². The average molecular weight is 454 g/mol. The monoisotopic (exact) mass is 453 g/mol. The first-order valence-corrected chi connectivity index (χ1v) is 10.6. The van der Waals surface area contributed by atoms with Crippen LogP contribution in [0.25, 0.3) is 10.9 Å². The van der Waals surface area contributed by atoms with Crippen LogP contribution in [0.15, 0.2) is 66.7 Å². The zero-order valence-electron chi connectivity index (χ0n) is 16.3. The van der Waals surface area contributed by atoms with Crippen molar-refractivity contribution in [2.45, 2.75) is 12.5 Å². The van der Waals surface area contributed by atoms with E-state index < -0.39 is 0 Å². The van der Waals surface area contributed by atoms with Gasteiger partial charge >= 0.3 is 6.03 Å². The molecular weight excluding hydrogens is 436 g/mol. The number of aromatic nitrogens is 1. The lowest BCUT2D eigenvalue weighted by Gasteiger charge is -2.36. The Labute approximate surface area is 188 Å². The molecule has 4 nitrogen and oxygen atoms in total. The molecule has 1 atom stereocenters. The number of amides is 2. The third kappa shape index (κ3) is 3.75. The van der Waals surface area contributed by atoms with Crippen molar-refractivity contribution >= 4 is 45.8 Å². The molecule has 2 amide bonds. The van der Waals surface area contributed by atoms with Gasteiger partial charge in [0.05, 0.1) is 6.04 Å². The molecule has 7 heteroatoms. The lowest BCUT2D eigenvalue weighted by atomic mass is 9.92. The molecule has 1 aliphatic rings. The first kappa shape index (κ1) is 19.9. The fourth-order valence-corrected chi connectivity index (χ4v) is 4.50. The Hall–Kier alpha value is -3.02. The maximum Gasteiger partial charge on any atom is 0.322 e. The summed E-state index contributed by atoms with van der Waals surface area (Å²) in [5, 5.41) is 5.25. The van der Waals surface area contributed by atoms with E-state index in [1.54, 1.807) is 41.3 Å². The van der Waals surface area contributed by atoms with Gasteiger partial charge in [-0.2, -0.15) is 0 Å². The maximum absolute atomic E-state index is 13.6. The molecule has 0 bridgehead atoms. The van der Waals surface area contributed by atoms with Crippen LogP contribution < -0.4 is 5.32 Å². The molecule has 4 aromatic rings. The van der Waals surface area contributed by atoms with Crippen molar-refractivity contribution in [3.05, 3.63) is 99.4 Å². The van der Waals surface area contributed by atoms with E-state index in [1.165, 1.54) is 12.1 Å². The number of benzene rings is 3. The van der Waals surface area contributed by atoms with Gasteiger partial charge in [0, 0.05) is 38.9 Å². The highest BCUT2D eigenvalue weighted by atomic mass is 35.5. The minimum Gasteiger partial charge on any atom is -0.356 e. The Morgan fingerprint density at radius 2 is 1.71 bits per heavy atom. The lowest BCUT2D eigenvalue weighted by molar-refractivity contribution is 0.193. The van der Waals surface area contributed by atoms with E-state index in [2.05, 4.69) is 10.3 Å². The number of fused-ring (bicyclic) bond motifs is 3. The largest absolute Gasteiger partial charge is 0.356 e. The number of hydrogen-bond acceptors (Lipinski definition) is 1. The number of nitrogens with zero attached hydrogens (tertiary/aromatic N) is 1. The van der Waals surface area contributed by atoms with Crippen molar-refractivity contribution < 1.29 is 9.18 Å². The van der Waals surface area contributed by atoms with Crippen molar-refractivity contribution in [3.63, 3.8) is 0 Å². The van der Waals surface area contributed by atoms with Gasteiger partial charge in [0.1, 0.15) is 5.82 Å². The number of carbonyl (C=O) groups excluding carboxylic acids is 1. The van der Waals surface area contributed by atoms with Crippen molar-refractivity contribution in [2.24, 2.45) is 0 Å². The minimum atomic E-state index is -0.386. The van der Waals surface area contributed by atoms with Crippen LogP contribution in [0.4, 0.5) is 14.9 Å². The molecule has 0 unspecified atom stereocenters. The number of aromatic amines is 1. The molecule has 0 saturated carbocycles. The van der Waals surface area contributed by atoms with Crippen molar-refractivity contribution in [2.75, 3.05) is 11.9 Å². The summed E-state index contributed by atoms with van der Waals surface area (Å²) >= 11 is 12.2. The summed E-state index contributed by atoms with van der Waals surface area (Å²) in [5.41, 5.74) is 4.48. The van der Waals surface area contributed by atoms with E-state index in [-0.39, 0.29) is 17.9 Å². The molecule has 156 valence electrons. The second-order valence-electron chi connectivity index (χ2n) is 7.54. The Morgan fingerprint density at radius 1 is 1.00 bits per heavy atom. The van der Waals surface area contributed by atoms with Crippen LogP contribution in [0.5, 0.6) is 0 Å². The summed E-state index contributed by atoms with van der Waals surface area (Å²) in [4.78, 5) is 18.5. The van der Waals surface area contributed by atoms with Gasteiger partial charge in [-0.25, -0.2) is 9.18 Å². The van der Waals surface area contributed by atoms with Crippen molar-refractivity contribution in [1.82, 2.24) is 9.88 Å². The summed E-state index contributed by atoms with van der Waals surface area (Å²) < 4.78 is 13.6. The van der Waals surface area contributed by atoms with E-state index in [9.17, 15) is 9.18 Å². The number of hydrogen-bond donors (Lipinski definition) is 2. The van der Waals surface area contributed by atoms with Gasteiger partial charge in [0.15, 0.2) is 0 Å². The van der Waals surface area contributed by atoms with Gasteiger partial charge in [0.25, 0.3) is 0 Å². The third-order valence-electron chi connectivity index (χ3n) is 5.63. The first-order valence-electron chi connectivity index (χ1n) is 9.88. The highest BCUT2D eigenvalue weighted by Gasteiger charge is 2.34. The Bertz CT molecular complexity index is 1270. The number of anilines is 1. The molecule has 5 rings (SSSR count). The Kier molecular flexibility index (Phi) is 5.08. The van der Waals surface area contributed by atoms with Gasteiger partial charge < -0.3 is 15.2 Å². The molecule has 2 heterocycles. The quantitative estimate of drug-likeness (QED) is 0.344. The number of halogens is 3. The molecule has 0 spiro atoms. The molecule has 0 saturated heterocycles. The zero-order valence-corrected chi connectivity index (χ0v) is 17.8. The third-order valence-corrected chi connectivity index (χ3v) is 6.12. The van der Waals surface area contributed by atoms with Gasteiger partial charge in [-0.1, -0.05) is 35.3 Å². The van der Waals surface area contributed by atoms with Crippen LogP contribution in [-0.2, 0) is 6.42 Å². The molecule has 1 aromatic heterocycles. The summed E-state index contributed by atoms with van der Waals surface area (Å²) in [6.07, 6.45) is 0.682. The van der Waals surface area contributed by atoms with Crippen LogP contribution in [0.2, 0.25) is 10.0 Å². The number of carbonyl (C=O) groups is 1. The van der Waals surface area contributed by atoms with Crippen LogP contribution in [0.1, 0.15) is 22.9 Å². The van der Waals surface area contributed by atoms with Crippen LogP contribution in [0, 0.1) is 5.82 Å². The summed E-state index contributed by atoms with van der Waals surface area (Å²) in [6.45, 7) is 0.508. The second kappa shape index (κ2) is 7.91. The first-order chi connectivity index (χ1) is 15.0. The van der Waals surface area contributed by atoms with Gasteiger partial charge in [-0.05, 0) is 72.1 Å². The molecule has 0 fully saturated rings. The number of rotatable bonds is 2. The number of nitrogens with one attached hydrogen (secondary N) is 2. The van der Waals surface area contributed by atoms with Crippen molar-refractivity contribution in [1.29, 1.82) is 0 Å². The lowest BCUT2D eigenvalue weighted by Crippen LogP contribution is -2.43. The van der Waals surface area contributed by atoms with E-state index in [4.69, 9.17) is 23.2 Å². The van der Waals surface area contributed by atoms with E-state index in [0.29, 0.717) is 28.7 Å². The Morgan fingerprint density at radius 3 is 2.45 bits per heavy atom. The standard InChI is InChI=1S/C24H18Cl2FN3O/c25-15-3-8-18(9-4-15)28-24(31)30-12-11-19-20-13-16(26)5-10-21(20)29-22(19)23(30)14-1-6-17(27)7-2-14/h1-10,13,23,29H,11-12H2,(H,28,31)/t23-/m1/s1. The second-order valence-corrected chi connectivity index (χ2v) is 8.41. The van der Waals surface area contributed by atoms with Gasteiger partial charge in [0.2, 0.25) is 0 Å². The molecule has 3 aromatic carbocycles. The fraction of sp³-hybridized carbons (Fsp3) is 0.125. The summed E-state index contributed by atoms with van der Waals surface area (Å²) in [6, 6.07) is 18.3. The molecule has 1 aliphatic heterocycles. The van der Waals surface area contributed by atoms with Gasteiger partial charge in [-0.3, -0.25) is 0 Å². The smallest absolute Gasteiger partial charge is 0.322 e. The summed E-state index contributed by atoms with van der Waals surface area (Å²) in [7, 11) is 0. The predicted octanol–water partition coefficient (Wildman–Crippen LogP) is 6.79. The topological polar surface area (TPSA) is 48.1 Å². The van der Waals surface area contributed by atoms with Crippen LogP contribution in [-0.4, -0.2) is 22.5 Å². The highest BCUT2D eigenvalue weighted by molar-refractivity contribution is 6.31. The van der Waals surface area contributed by atoms with E-state index >= 15 is 0 Å². The van der Waals surface area contributed by atoms with Gasteiger partial charge in [-0.15, -0.1) is 0 Å². The highest BCUT2D eigenvalue weighted by Crippen LogP contribution is 2.39. The Balaban J connectivity index is 1.58. The molecular formula is C24H18Cl2FN3O. The summed E-state index contributed by atoms with van der Waals surface area (Å²) in [5.74, 6) is -0.319. The molecule has 0 radical (unpaired) electrons. The van der Waals surface area contributed by atoms with Crippen LogP contribution in [0.3, 0.4) is 0 Å². The number of urea groups is 1. The van der Waals surface area contributed by atoms with E-state index in [0.717, 1.165) is 27.7 Å². The molecule has 31 heavy (non-hydrogen) atoms. The fourth-order valence-electron chi connectivity index (χ4n) is 4.20.